The van der Waals surface area contributed by atoms with E-state index >= 15 is 0 Å². The molecule has 0 amide bonds. The van der Waals surface area contributed by atoms with Crippen molar-refractivity contribution in [3.8, 4) is 11.8 Å². The summed E-state index contributed by atoms with van der Waals surface area (Å²) < 4.78 is 0. The van der Waals surface area contributed by atoms with Gasteiger partial charge in [0.1, 0.15) is 6.10 Å². The van der Waals surface area contributed by atoms with E-state index < -0.39 is 6.10 Å². The van der Waals surface area contributed by atoms with Gasteiger partial charge >= 0.3 is 0 Å². The summed E-state index contributed by atoms with van der Waals surface area (Å²) in [7, 11) is 0. The molecule has 0 saturated heterocycles. The predicted octanol–water partition coefficient (Wildman–Crippen LogP) is 3.53. The van der Waals surface area contributed by atoms with E-state index in [4.69, 9.17) is 0 Å². The molecule has 1 heteroatoms. The lowest BCUT2D eigenvalue weighted by molar-refractivity contribution is 0.238. The second kappa shape index (κ2) is 5.70. The predicted molar refractivity (Wildman–Crippen MR) is 70.5 cm³/mol. The molecule has 0 radical (unpaired) electrons. The molecule has 0 aliphatic heterocycles. The third-order valence-electron chi connectivity index (χ3n) is 3.05. The highest BCUT2D eigenvalue weighted by Gasteiger charge is 2.04. The molecule has 17 heavy (non-hydrogen) atoms. The fourth-order valence-corrected chi connectivity index (χ4v) is 1.94. The molecule has 0 saturated carbocycles. The van der Waals surface area contributed by atoms with Gasteiger partial charge in [0, 0.05) is 0 Å². The van der Waals surface area contributed by atoms with Crippen molar-refractivity contribution < 1.29 is 5.11 Å². The van der Waals surface area contributed by atoms with Gasteiger partial charge in [0.25, 0.3) is 0 Å². The molecule has 0 spiro atoms. The summed E-state index contributed by atoms with van der Waals surface area (Å²) in [5, 5.41) is 9.94. The van der Waals surface area contributed by atoms with E-state index in [2.05, 4.69) is 17.9 Å². The van der Waals surface area contributed by atoms with Gasteiger partial charge in [-0.2, -0.15) is 0 Å². The Bertz CT molecular complexity index is 457. The molecule has 1 aliphatic carbocycles. The van der Waals surface area contributed by atoms with Crippen LogP contribution in [0.25, 0.3) is 0 Å². The van der Waals surface area contributed by atoms with Gasteiger partial charge in [0.2, 0.25) is 0 Å². The van der Waals surface area contributed by atoms with Crippen LogP contribution >= 0.6 is 0 Å². The zero-order valence-electron chi connectivity index (χ0n) is 10.2. The fourth-order valence-electron chi connectivity index (χ4n) is 1.94. The number of aliphatic hydroxyl groups excluding tert-OH is 1. The summed E-state index contributed by atoms with van der Waals surface area (Å²) in [6.07, 6.45) is 6.21. The lowest BCUT2D eigenvalue weighted by Crippen LogP contribution is -1.94. The summed E-state index contributed by atoms with van der Waals surface area (Å²) in [4.78, 5) is 0. The average molecular weight is 226 g/mol. The van der Waals surface area contributed by atoms with E-state index in [1.165, 1.54) is 24.0 Å². The lowest BCUT2D eigenvalue weighted by atomic mass is 9.99. The van der Waals surface area contributed by atoms with E-state index in [9.17, 15) is 5.11 Å². The molecule has 1 unspecified atom stereocenters. The summed E-state index contributed by atoms with van der Waals surface area (Å²) in [5.74, 6) is 6.02. The van der Waals surface area contributed by atoms with Crippen LogP contribution in [0.3, 0.4) is 0 Å². The molecule has 0 heterocycles. The van der Waals surface area contributed by atoms with Crippen LogP contribution in [0.5, 0.6) is 0 Å². The van der Waals surface area contributed by atoms with E-state index in [0.717, 1.165) is 18.4 Å². The van der Waals surface area contributed by atoms with Gasteiger partial charge in [-0.15, -0.1) is 0 Å². The van der Waals surface area contributed by atoms with Crippen molar-refractivity contribution in [3.63, 3.8) is 0 Å². The number of hydrogen-bond donors (Lipinski definition) is 1. The molecule has 0 aromatic heterocycles. The van der Waals surface area contributed by atoms with Gasteiger partial charge in [-0.25, -0.2) is 0 Å². The summed E-state index contributed by atoms with van der Waals surface area (Å²) in [5.41, 5.74) is 3.26. The quantitative estimate of drug-likeness (QED) is 0.726. The molecule has 2 rings (SSSR count). The highest BCUT2D eigenvalue weighted by molar-refractivity contribution is 5.34. The van der Waals surface area contributed by atoms with Crippen LogP contribution in [-0.2, 0) is 0 Å². The van der Waals surface area contributed by atoms with Crippen LogP contribution < -0.4 is 0 Å². The zero-order chi connectivity index (χ0) is 12.1. The monoisotopic (exact) mass is 226 g/mol. The van der Waals surface area contributed by atoms with Crippen molar-refractivity contribution in [3.05, 3.63) is 47.0 Å². The maximum absolute atomic E-state index is 9.94. The smallest absolute Gasteiger partial charge is 0.140 e. The van der Waals surface area contributed by atoms with Crippen LogP contribution in [0.1, 0.15) is 42.9 Å². The molecule has 1 atom stereocenters. The molecular weight excluding hydrogens is 208 g/mol. The van der Waals surface area contributed by atoms with Crippen LogP contribution in [-0.4, -0.2) is 5.11 Å². The summed E-state index contributed by atoms with van der Waals surface area (Å²) >= 11 is 0. The maximum atomic E-state index is 9.94. The van der Waals surface area contributed by atoms with E-state index in [-0.39, 0.29) is 0 Å². The Morgan fingerprint density at radius 1 is 1.18 bits per heavy atom. The van der Waals surface area contributed by atoms with Crippen LogP contribution in [0.4, 0.5) is 0 Å². The highest BCUT2D eigenvalue weighted by atomic mass is 16.3. The van der Waals surface area contributed by atoms with Gasteiger partial charge in [-0.3, -0.25) is 0 Å². The molecule has 0 bridgehead atoms. The van der Waals surface area contributed by atoms with Gasteiger partial charge < -0.3 is 5.11 Å². The standard InChI is InChI=1S/C16H18O/c1-13-7-10-15(11-8-13)16(17)12-9-14-5-3-2-4-6-14/h5,7-8,10-11,16-17H,2-4,6H2,1H3. The zero-order valence-corrected chi connectivity index (χ0v) is 10.2. The van der Waals surface area contributed by atoms with Crippen molar-refractivity contribution in [1.29, 1.82) is 0 Å². The van der Waals surface area contributed by atoms with E-state index in [0.29, 0.717) is 0 Å². The second-order valence-electron chi connectivity index (χ2n) is 4.56. The van der Waals surface area contributed by atoms with E-state index in [1.807, 2.05) is 31.2 Å². The van der Waals surface area contributed by atoms with Crippen LogP contribution in [0.15, 0.2) is 35.9 Å². The molecular formula is C16H18O. The van der Waals surface area contributed by atoms with Gasteiger partial charge in [0.05, 0.1) is 0 Å². The van der Waals surface area contributed by atoms with Crippen molar-refractivity contribution in [2.45, 2.75) is 38.7 Å². The lowest BCUT2D eigenvalue weighted by Gasteiger charge is -2.07. The second-order valence-corrected chi connectivity index (χ2v) is 4.56. The molecule has 1 aromatic carbocycles. The minimum absolute atomic E-state index is 0.668. The Hall–Kier alpha value is -1.52. The topological polar surface area (TPSA) is 20.2 Å². The Balaban J connectivity index is 2.06. The SMILES string of the molecule is Cc1ccc(C(O)C#CC2=CCCCC2)cc1. The number of aliphatic hydroxyl groups is 1. The van der Waals surface area contributed by atoms with Gasteiger partial charge in [0.15, 0.2) is 0 Å². The number of rotatable bonds is 1. The highest BCUT2D eigenvalue weighted by Crippen LogP contribution is 2.17. The summed E-state index contributed by atoms with van der Waals surface area (Å²) in [6.45, 7) is 2.04. The average Bonchev–Trinajstić information content (AvgIpc) is 2.38. The minimum atomic E-state index is -0.668. The Kier molecular flexibility index (Phi) is 4.01. The first-order valence-corrected chi connectivity index (χ1v) is 6.21. The molecule has 88 valence electrons. The van der Waals surface area contributed by atoms with Gasteiger partial charge in [-0.05, 0) is 43.7 Å². The first-order chi connectivity index (χ1) is 8.25. The molecule has 1 aromatic rings. The van der Waals surface area contributed by atoms with E-state index in [1.54, 1.807) is 0 Å². The number of benzene rings is 1. The third-order valence-corrected chi connectivity index (χ3v) is 3.05. The number of hydrogen-bond acceptors (Lipinski definition) is 1. The Morgan fingerprint density at radius 2 is 1.94 bits per heavy atom. The first-order valence-electron chi connectivity index (χ1n) is 6.21. The molecule has 0 fully saturated rings. The first kappa shape index (κ1) is 12.0. The normalized spacial score (nSPS) is 16.7. The molecule has 1 nitrogen and oxygen atoms in total. The maximum Gasteiger partial charge on any atom is 0.140 e. The Morgan fingerprint density at radius 3 is 2.59 bits per heavy atom. The van der Waals surface area contributed by atoms with Crippen molar-refractivity contribution >= 4 is 0 Å². The van der Waals surface area contributed by atoms with Crippen molar-refractivity contribution in [1.82, 2.24) is 0 Å². The van der Waals surface area contributed by atoms with Crippen molar-refractivity contribution in [2.24, 2.45) is 0 Å². The minimum Gasteiger partial charge on any atom is -0.376 e. The van der Waals surface area contributed by atoms with Gasteiger partial charge in [-0.1, -0.05) is 47.7 Å². The summed E-state index contributed by atoms with van der Waals surface area (Å²) in [6, 6.07) is 7.87. The Labute approximate surface area is 103 Å². The number of aryl methyl sites for hydroxylation is 1. The van der Waals surface area contributed by atoms with Crippen molar-refractivity contribution in [2.75, 3.05) is 0 Å². The van der Waals surface area contributed by atoms with Crippen LogP contribution in [0, 0.1) is 18.8 Å². The fraction of sp³-hybridized carbons (Fsp3) is 0.375. The largest absolute Gasteiger partial charge is 0.376 e. The molecule has 1 N–H and O–H groups in total. The molecule has 1 aliphatic rings. The van der Waals surface area contributed by atoms with Crippen LogP contribution in [0.2, 0.25) is 0 Å². The third kappa shape index (κ3) is 3.47. The number of allylic oxidation sites excluding steroid dienone is 2.